The summed E-state index contributed by atoms with van der Waals surface area (Å²) in [5.74, 6) is 0.0577. The lowest BCUT2D eigenvalue weighted by atomic mass is 10.1. The molecule has 0 N–H and O–H groups in total. The molecule has 2 aromatic rings. The summed E-state index contributed by atoms with van der Waals surface area (Å²) in [4.78, 5) is 19.7. The van der Waals surface area contributed by atoms with Gasteiger partial charge in [0.2, 0.25) is 11.8 Å². The van der Waals surface area contributed by atoms with Crippen LogP contribution in [0.2, 0.25) is 0 Å². The summed E-state index contributed by atoms with van der Waals surface area (Å²) < 4.78 is 9.98. The lowest BCUT2D eigenvalue weighted by molar-refractivity contribution is 0.0725. The minimum Gasteiger partial charge on any atom is -0.480 e. The van der Waals surface area contributed by atoms with Crippen LogP contribution in [-0.4, -0.2) is 23.0 Å². The molecule has 0 saturated heterocycles. The summed E-state index contributed by atoms with van der Waals surface area (Å²) in [5.41, 5.74) is 1.36. The van der Waals surface area contributed by atoms with Crippen LogP contribution in [0.3, 0.4) is 0 Å². The minimum absolute atomic E-state index is 0.143. The first-order valence-corrected chi connectivity index (χ1v) is 5.34. The molecule has 1 aromatic carbocycles. The fraction of sp³-hybridized carbons (Fsp3) is 0.154. The predicted octanol–water partition coefficient (Wildman–Crippen LogP) is 2.01. The average Bonchev–Trinajstić information content (AvgIpc) is 2.40. The molecule has 0 fully saturated rings. The van der Waals surface area contributed by atoms with Gasteiger partial charge in [-0.25, -0.2) is 14.8 Å². The van der Waals surface area contributed by atoms with Crippen LogP contribution in [0.15, 0.2) is 36.7 Å². The van der Waals surface area contributed by atoms with Crippen LogP contribution >= 0.6 is 0 Å². The van der Waals surface area contributed by atoms with Crippen molar-refractivity contribution in [1.82, 2.24) is 9.97 Å². The van der Waals surface area contributed by atoms with Crippen molar-refractivity contribution in [2.24, 2.45) is 0 Å². The molecular weight excluding hydrogens is 232 g/mol. The Bertz CT molecular complexity index is 552. The van der Waals surface area contributed by atoms with E-state index in [-0.39, 0.29) is 5.88 Å². The quantitative estimate of drug-likeness (QED) is 0.773. The van der Waals surface area contributed by atoms with Gasteiger partial charge in [-0.05, 0) is 18.6 Å². The van der Waals surface area contributed by atoms with Crippen molar-refractivity contribution in [3.63, 3.8) is 0 Å². The lowest BCUT2D eigenvalue weighted by Gasteiger charge is -2.05. The van der Waals surface area contributed by atoms with Crippen molar-refractivity contribution in [2.45, 2.75) is 6.92 Å². The van der Waals surface area contributed by atoms with Crippen LogP contribution in [0.4, 0.5) is 0 Å². The zero-order chi connectivity index (χ0) is 13.0. The fourth-order valence-electron chi connectivity index (χ4n) is 1.41. The Labute approximate surface area is 104 Å². The van der Waals surface area contributed by atoms with Crippen LogP contribution in [0, 0.1) is 6.92 Å². The van der Waals surface area contributed by atoms with Crippen LogP contribution in [0.5, 0.6) is 11.8 Å². The molecule has 0 bridgehead atoms. The predicted molar refractivity (Wildman–Crippen MR) is 64.7 cm³/mol. The number of aromatic nitrogens is 2. The maximum atomic E-state index is 11.9. The summed E-state index contributed by atoms with van der Waals surface area (Å²) in [6.07, 6.45) is 2.73. The molecule has 0 aliphatic carbocycles. The zero-order valence-corrected chi connectivity index (χ0v) is 10.1. The molecular formula is C13H12N2O3. The van der Waals surface area contributed by atoms with Gasteiger partial charge in [0, 0.05) is 0 Å². The van der Waals surface area contributed by atoms with Crippen molar-refractivity contribution < 1.29 is 14.3 Å². The minimum atomic E-state index is -0.451. The van der Waals surface area contributed by atoms with Gasteiger partial charge in [0.15, 0.2) is 0 Å². The van der Waals surface area contributed by atoms with Crippen molar-refractivity contribution in [2.75, 3.05) is 7.11 Å². The summed E-state index contributed by atoms with van der Waals surface area (Å²) >= 11 is 0. The number of benzene rings is 1. The number of ether oxygens (including phenoxy) is 2. The van der Waals surface area contributed by atoms with E-state index in [0.29, 0.717) is 11.4 Å². The molecule has 0 spiro atoms. The molecule has 0 aliphatic rings. The average molecular weight is 244 g/mol. The molecule has 1 aromatic heterocycles. The molecule has 1 heterocycles. The number of nitrogens with zero attached hydrogens (tertiary/aromatic N) is 2. The summed E-state index contributed by atoms with van der Waals surface area (Å²) in [6, 6.07) is 7.19. The van der Waals surface area contributed by atoms with Crippen LogP contribution < -0.4 is 9.47 Å². The van der Waals surface area contributed by atoms with Gasteiger partial charge in [-0.3, -0.25) is 0 Å². The first-order valence-electron chi connectivity index (χ1n) is 5.34. The molecule has 0 atom stereocenters. The smallest absolute Gasteiger partial charge is 0.345 e. The van der Waals surface area contributed by atoms with Crippen LogP contribution in [0.25, 0.3) is 0 Å². The number of aryl methyl sites for hydroxylation is 1. The first-order chi connectivity index (χ1) is 8.70. The van der Waals surface area contributed by atoms with Gasteiger partial charge in [0.1, 0.15) is 0 Å². The van der Waals surface area contributed by atoms with Gasteiger partial charge in [-0.1, -0.05) is 18.2 Å². The number of methoxy groups -OCH3 is 1. The van der Waals surface area contributed by atoms with Gasteiger partial charge in [0.25, 0.3) is 0 Å². The van der Waals surface area contributed by atoms with E-state index >= 15 is 0 Å². The Morgan fingerprint density at radius 1 is 1.11 bits per heavy atom. The monoisotopic (exact) mass is 244 g/mol. The second-order valence-electron chi connectivity index (χ2n) is 3.60. The summed E-state index contributed by atoms with van der Waals surface area (Å²) in [6.45, 7) is 1.84. The molecule has 5 nitrogen and oxygen atoms in total. The molecule has 92 valence electrons. The Morgan fingerprint density at radius 2 is 1.78 bits per heavy atom. The normalized spacial score (nSPS) is 9.89. The molecule has 0 radical (unpaired) electrons. The van der Waals surface area contributed by atoms with E-state index in [1.165, 1.54) is 19.5 Å². The molecule has 0 saturated carbocycles. The maximum Gasteiger partial charge on any atom is 0.345 e. The Hall–Kier alpha value is -2.43. The number of hydrogen-bond acceptors (Lipinski definition) is 5. The van der Waals surface area contributed by atoms with Crippen molar-refractivity contribution >= 4 is 5.97 Å². The Morgan fingerprint density at radius 3 is 2.39 bits per heavy atom. The van der Waals surface area contributed by atoms with E-state index in [1.54, 1.807) is 12.1 Å². The fourth-order valence-corrected chi connectivity index (χ4v) is 1.41. The van der Waals surface area contributed by atoms with Gasteiger partial charge >= 0.3 is 5.97 Å². The number of hydrogen-bond donors (Lipinski definition) is 0. The highest BCUT2D eigenvalue weighted by atomic mass is 16.5. The molecule has 0 aliphatic heterocycles. The third-order valence-electron chi connectivity index (χ3n) is 2.38. The van der Waals surface area contributed by atoms with E-state index < -0.39 is 5.97 Å². The van der Waals surface area contributed by atoms with Gasteiger partial charge in [-0.15, -0.1) is 0 Å². The number of carbonyl (C=O) groups excluding carboxylic acids is 1. The highest BCUT2D eigenvalue weighted by Crippen LogP contribution is 2.13. The summed E-state index contributed by atoms with van der Waals surface area (Å²) in [5, 5.41) is 0. The molecule has 5 heteroatoms. The standard InChI is InChI=1S/C13H12N2O3/c1-9-5-3-4-6-10(9)13(16)18-12-8-14-11(17-2)7-15-12/h3-8H,1-2H3. The third-order valence-corrected chi connectivity index (χ3v) is 2.38. The first kappa shape index (κ1) is 12.0. The zero-order valence-electron chi connectivity index (χ0n) is 10.1. The molecule has 2 rings (SSSR count). The molecule has 0 unspecified atom stereocenters. The van der Waals surface area contributed by atoms with Crippen LogP contribution in [-0.2, 0) is 0 Å². The highest BCUT2D eigenvalue weighted by Gasteiger charge is 2.11. The number of carbonyl (C=O) groups is 1. The Balaban J connectivity index is 2.14. The van der Waals surface area contributed by atoms with Crippen molar-refractivity contribution in [1.29, 1.82) is 0 Å². The van der Waals surface area contributed by atoms with Crippen molar-refractivity contribution in [3.8, 4) is 11.8 Å². The van der Waals surface area contributed by atoms with E-state index in [1.807, 2.05) is 19.1 Å². The lowest BCUT2D eigenvalue weighted by Crippen LogP contribution is -2.11. The van der Waals surface area contributed by atoms with E-state index in [9.17, 15) is 4.79 Å². The van der Waals surface area contributed by atoms with E-state index in [2.05, 4.69) is 9.97 Å². The maximum absolute atomic E-state index is 11.9. The summed E-state index contributed by atoms with van der Waals surface area (Å²) in [7, 11) is 1.49. The van der Waals surface area contributed by atoms with Crippen LogP contribution in [0.1, 0.15) is 15.9 Å². The number of rotatable bonds is 3. The van der Waals surface area contributed by atoms with Gasteiger partial charge in [-0.2, -0.15) is 0 Å². The second-order valence-corrected chi connectivity index (χ2v) is 3.60. The Kier molecular flexibility index (Phi) is 3.52. The molecule has 18 heavy (non-hydrogen) atoms. The highest BCUT2D eigenvalue weighted by molar-refractivity contribution is 5.92. The van der Waals surface area contributed by atoms with Crippen molar-refractivity contribution in [3.05, 3.63) is 47.8 Å². The topological polar surface area (TPSA) is 61.3 Å². The van der Waals surface area contributed by atoms with Gasteiger partial charge in [0.05, 0.1) is 25.1 Å². The molecule has 0 amide bonds. The van der Waals surface area contributed by atoms with Gasteiger partial charge < -0.3 is 9.47 Å². The number of esters is 1. The van der Waals surface area contributed by atoms with E-state index in [0.717, 1.165) is 5.56 Å². The SMILES string of the molecule is COc1cnc(OC(=O)c2ccccc2C)cn1. The second kappa shape index (κ2) is 5.27. The van der Waals surface area contributed by atoms with E-state index in [4.69, 9.17) is 9.47 Å². The largest absolute Gasteiger partial charge is 0.480 e. The third kappa shape index (κ3) is 2.63.